The van der Waals surface area contributed by atoms with Crippen molar-refractivity contribution in [1.29, 1.82) is 0 Å². The van der Waals surface area contributed by atoms with E-state index in [0.717, 1.165) is 17.6 Å². The van der Waals surface area contributed by atoms with Crippen LogP contribution in [0.2, 0.25) is 0 Å². The lowest BCUT2D eigenvalue weighted by atomic mass is 10.0. The molecule has 14 heavy (non-hydrogen) atoms. The second kappa shape index (κ2) is 3.87. The van der Waals surface area contributed by atoms with Crippen LogP contribution in [0, 0.1) is 0 Å². The summed E-state index contributed by atoms with van der Waals surface area (Å²) in [6.07, 6.45) is 9.68. The number of hydrazone groups is 1. The molecule has 3 N–H and O–H groups in total. The number of nitrogens with one attached hydrogen (secondary N) is 1. The van der Waals surface area contributed by atoms with E-state index in [0.29, 0.717) is 0 Å². The van der Waals surface area contributed by atoms with E-state index in [1.165, 1.54) is 6.34 Å². The summed E-state index contributed by atoms with van der Waals surface area (Å²) in [7, 11) is 0. The summed E-state index contributed by atoms with van der Waals surface area (Å²) in [6.45, 7) is 0. The molecule has 1 aliphatic carbocycles. The molecule has 5 heteroatoms. The molecule has 72 valence electrons. The average Bonchev–Trinajstić information content (AvgIpc) is 2.30. The molecule has 0 spiro atoms. The van der Waals surface area contributed by atoms with E-state index in [2.05, 4.69) is 26.8 Å². The summed E-state index contributed by atoms with van der Waals surface area (Å²) >= 11 is 0. The van der Waals surface area contributed by atoms with E-state index in [-0.39, 0.29) is 6.17 Å². The first kappa shape index (κ1) is 8.68. The lowest BCUT2D eigenvalue weighted by molar-refractivity contribution is 0.590. The zero-order valence-corrected chi connectivity index (χ0v) is 7.59. The molecular formula is C9H11N5. The topological polar surface area (TPSA) is 75.1 Å². The van der Waals surface area contributed by atoms with Gasteiger partial charge in [0, 0.05) is 0 Å². The summed E-state index contributed by atoms with van der Waals surface area (Å²) in [6, 6.07) is 0. The molecule has 0 bridgehead atoms. The van der Waals surface area contributed by atoms with E-state index in [1.807, 2.05) is 12.2 Å². The molecule has 0 saturated carbocycles. The Kier molecular flexibility index (Phi) is 2.40. The van der Waals surface area contributed by atoms with Gasteiger partial charge in [0.25, 0.3) is 0 Å². The van der Waals surface area contributed by atoms with Crippen molar-refractivity contribution in [1.82, 2.24) is 5.43 Å². The monoisotopic (exact) mass is 189 g/mol. The fourth-order valence-electron chi connectivity index (χ4n) is 1.29. The number of hydrogen-bond donors (Lipinski definition) is 2. The molecule has 1 aliphatic heterocycles. The Balaban J connectivity index is 2.08. The first-order valence-electron chi connectivity index (χ1n) is 4.36. The molecule has 2 aliphatic rings. The van der Waals surface area contributed by atoms with Crippen molar-refractivity contribution in [3.63, 3.8) is 0 Å². The smallest absolute Gasteiger partial charge is 0.180 e. The van der Waals surface area contributed by atoms with Crippen LogP contribution in [-0.2, 0) is 0 Å². The maximum absolute atomic E-state index is 5.40. The molecule has 0 aromatic heterocycles. The Morgan fingerprint density at radius 3 is 3.00 bits per heavy atom. The molecule has 2 rings (SSSR count). The Hall–Kier alpha value is -1.91. The normalized spacial score (nSPS) is 27.6. The fourth-order valence-corrected chi connectivity index (χ4v) is 1.29. The van der Waals surface area contributed by atoms with Gasteiger partial charge in [-0.2, -0.15) is 10.2 Å². The van der Waals surface area contributed by atoms with Crippen LogP contribution in [0.3, 0.4) is 0 Å². The minimum absolute atomic E-state index is 0.157. The van der Waals surface area contributed by atoms with Gasteiger partial charge in [0.15, 0.2) is 12.5 Å². The van der Waals surface area contributed by atoms with Gasteiger partial charge in [-0.15, -0.1) is 5.11 Å². The number of nitrogens with zero attached hydrogens (tertiary/aromatic N) is 3. The van der Waals surface area contributed by atoms with Gasteiger partial charge in [-0.3, -0.25) is 5.43 Å². The number of nitrogens with two attached hydrogens (primary N) is 1. The van der Waals surface area contributed by atoms with Gasteiger partial charge >= 0.3 is 0 Å². The minimum atomic E-state index is -0.157. The molecule has 1 atom stereocenters. The SMILES string of the molecule is N/C=C1\C=CC(C2N=NC=NN2)=CC1. The third-order valence-corrected chi connectivity index (χ3v) is 2.08. The third kappa shape index (κ3) is 1.71. The zero-order valence-electron chi connectivity index (χ0n) is 7.59. The summed E-state index contributed by atoms with van der Waals surface area (Å²) in [5.74, 6) is 0. The van der Waals surface area contributed by atoms with E-state index in [1.54, 1.807) is 6.20 Å². The van der Waals surface area contributed by atoms with Crippen molar-refractivity contribution >= 4 is 6.34 Å². The first-order chi connectivity index (χ1) is 6.90. The lowest BCUT2D eigenvalue weighted by Crippen LogP contribution is -2.26. The summed E-state index contributed by atoms with van der Waals surface area (Å²) < 4.78 is 0. The Bertz CT molecular complexity index is 361. The molecule has 0 aromatic rings. The molecule has 0 radical (unpaired) electrons. The standard InChI is InChI=1S/C9H11N5/c10-5-7-1-3-8(4-2-7)9-13-11-6-12-14-9/h1,3-6,9,13H,2,10H2/b7-5+. The van der Waals surface area contributed by atoms with Gasteiger partial charge in [0.2, 0.25) is 0 Å². The molecule has 0 aromatic carbocycles. The van der Waals surface area contributed by atoms with Crippen molar-refractivity contribution in [3.8, 4) is 0 Å². The molecular weight excluding hydrogens is 178 g/mol. The van der Waals surface area contributed by atoms with Crippen LogP contribution in [0.1, 0.15) is 6.42 Å². The highest BCUT2D eigenvalue weighted by atomic mass is 15.4. The third-order valence-electron chi connectivity index (χ3n) is 2.08. The first-order valence-corrected chi connectivity index (χ1v) is 4.36. The molecule has 1 unspecified atom stereocenters. The van der Waals surface area contributed by atoms with Crippen LogP contribution in [0.15, 0.2) is 50.9 Å². The quantitative estimate of drug-likeness (QED) is 0.646. The van der Waals surface area contributed by atoms with Gasteiger partial charge in [-0.1, -0.05) is 18.2 Å². The van der Waals surface area contributed by atoms with Gasteiger partial charge in [-0.05, 0) is 23.8 Å². The molecule has 0 fully saturated rings. The largest absolute Gasteiger partial charge is 0.404 e. The van der Waals surface area contributed by atoms with Crippen molar-refractivity contribution in [2.45, 2.75) is 12.6 Å². The number of azo groups is 1. The van der Waals surface area contributed by atoms with E-state index in [9.17, 15) is 0 Å². The predicted molar refractivity (Wildman–Crippen MR) is 54.4 cm³/mol. The number of hydrogen-bond acceptors (Lipinski definition) is 5. The second-order valence-electron chi connectivity index (χ2n) is 2.99. The molecule has 5 nitrogen and oxygen atoms in total. The predicted octanol–water partition coefficient (Wildman–Crippen LogP) is 1.04. The van der Waals surface area contributed by atoms with E-state index in [4.69, 9.17) is 5.73 Å². The maximum atomic E-state index is 5.40. The van der Waals surface area contributed by atoms with Crippen molar-refractivity contribution in [2.24, 2.45) is 21.1 Å². The van der Waals surface area contributed by atoms with Crippen LogP contribution in [0.5, 0.6) is 0 Å². The highest BCUT2D eigenvalue weighted by Crippen LogP contribution is 2.18. The van der Waals surface area contributed by atoms with Crippen LogP contribution >= 0.6 is 0 Å². The van der Waals surface area contributed by atoms with Gasteiger partial charge in [-0.25, -0.2) is 0 Å². The Morgan fingerprint density at radius 2 is 2.43 bits per heavy atom. The van der Waals surface area contributed by atoms with E-state index >= 15 is 0 Å². The molecule has 1 heterocycles. The van der Waals surface area contributed by atoms with Crippen molar-refractivity contribution in [3.05, 3.63) is 35.6 Å². The highest BCUT2D eigenvalue weighted by molar-refractivity contribution is 5.54. The number of rotatable bonds is 1. The summed E-state index contributed by atoms with van der Waals surface area (Å²) in [5.41, 5.74) is 10.4. The van der Waals surface area contributed by atoms with Gasteiger partial charge in [0.05, 0.1) is 0 Å². The Labute approximate surface area is 81.8 Å². The Morgan fingerprint density at radius 1 is 1.50 bits per heavy atom. The maximum Gasteiger partial charge on any atom is 0.180 e. The lowest BCUT2D eigenvalue weighted by Gasteiger charge is -2.16. The van der Waals surface area contributed by atoms with Crippen LogP contribution in [0.25, 0.3) is 0 Å². The molecule has 0 amide bonds. The second-order valence-corrected chi connectivity index (χ2v) is 2.99. The summed E-state index contributed by atoms with van der Waals surface area (Å²) in [5, 5.41) is 11.6. The van der Waals surface area contributed by atoms with Crippen LogP contribution in [-0.4, -0.2) is 12.5 Å². The van der Waals surface area contributed by atoms with Crippen LogP contribution in [0.4, 0.5) is 0 Å². The highest BCUT2D eigenvalue weighted by Gasteiger charge is 2.13. The average molecular weight is 189 g/mol. The van der Waals surface area contributed by atoms with Gasteiger partial charge < -0.3 is 5.73 Å². The van der Waals surface area contributed by atoms with Crippen molar-refractivity contribution in [2.75, 3.05) is 0 Å². The van der Waals surface area contributed by atoms with E-state index < -0.39 is 0 Å². The zero-order chi connectivity index (χ0) is 9.80. The fraction of sp³-hybridized carbons (Fsp3) is 0.222. The van der Waals surface area contributed by atoms with Crippen molar-refractivity contribution < 1.29 is 0 Å². The van der Waals surface area contributed by atoms with Gasteiger partial charge in [0.1, 0.15) is 0 Å². The van der Waals surface area contributed by atoms with Crippen LogP contribution < -0.4 is 11.2 Å². The summed E-state index contributed by atoms with van der Waals surface area (Å²) in [4.78, 5) is 0. The molecule has 0 saturated heterocycles. The minimum Gasteiger partial charge on any atom is -0.404 e. The number of allylic oxidation sites excluding steroid dienone is 3.